The van der Waals surface area contributed by atoms with Crippen LogP contribution >= 0.6 is 0 Å². The predicted octanol–water partition coefficient (Wildman–Crippen LogP) is 3.85. The molecule has 1 aromatic heterocycles. The van der Waals surface area contributed by atoms with Gasteiger partial charge in [-0.3, -0.25) is 4.79 Å². The van der Waals surface area contributed by atoms with E-state index in [1.807, 2.05) is 6.07 Å². The third-order valence-corrected chi connectivity index (χ3v) is 5.98. The van der Waals surface area contributed by atoms with Gasteiger partial charge in [0.25, 0.3) is 5.91 Å². The zero-order valence-corrected chi connectivity index (χ0v) is 15.4. The first-order valence-electron chi connectivity index (χ1n) is 9.87. The van der Waals surface area contributed by atoms with Crippen molar-refractivity contribution in [3.63, 3.8) is 0 Å². The van der Waals surface area contributed by atoms with E-state index in [2.05, 4.69) is 26.2 Å². The minimum absolute atomic E-state index is 0.0114. The van der Waals surface area contributed by atoms with Crippen LogP contribution in [0.5, 0.6) is 0 Å². The fraction of sp³-hybridized carbons (Fsp3) is 0.700. The maximum absolute atomic E-state index is 12.8. The molecule has 1 heterocycles. The SMILES string of the molecule is BC1(NC(=O)c2ccc(C)c(C3CCCC3)n2)CCCCCCC1. The van der Waals surface area contributed by atoms with Crippen LogP contribution in [-0.2, 0) is 0 Å². The highest BCUT2D eigenvalue weighted by atomic mass is 16.2. The first-order valence-corrected chi connectivity index (χ1v) is 9.87. The fourth-order valence-corrected chi connectivity index (χ4v) is 4.43. The number of pyridine rings is 1. The second-order valence-corrected chi connectivity index (χ2v) is 8.16. The molecule has 0 aromatic carbocycles. The van der Waals surface area contributed by atoms with Gasteiger partial charge in [-0.05, 0) is 44.2 Å². The van der Waals surface area contributed by atoms with E-state index < -0.39 is 0 Å². The molecule has 0 aliphatic heterocycles. The van der Waals surface area contributed by atoms with E-state index in [-0.39, 0.29) is 11.3 Å². The van der Waals surface area contributed by atoms with Crippen LogP contribution in [0.4, 0.5) is 0 Å². The first-order chi connectivity index (χ1) is 11.6. The molecule has 3 nitrogen and oxygen atoms in total. The van der Waals surface area contributed by atoms with Crippen LogP contribution < -0.4 is 5.32 Å². The molecule has 3 rings (SSSR count). The van der Waals surface area contributed by atoms with Crippen molar-refractivity contribution in [1.29, 1.82) is 0 Å². The molecule has 1 N–H and O–H groups in total. The number of aromatic nitrogens is 1. The topological polar surface area (TPSA) is 42.0 Å². The van der Waals surface area contributed by atoms with E-state index in [1.54, 1.807) is 0 Å². The zero-order chi connectivity index (χ0) is 17.0. The van der Waals surface area contributed by atoms with Gasteiger partial charge in [-0.1, -0.05) is 51.0 Å². The van der Waals surface area contributed by atoms with Crippen molar-refractivity contribution in [2.24, 2.45) is 0 Å². The van der Waals surface area contributed by atoms with Crippen molar-refractivity contribution < 1.29 is 4.79 Å². The number of aryl methyl sites for hydroxylation is 1. The Balaban J connectivity index is 1.73. The van der Waals surface area contributed by atoms with Crippen LogP contribution in [0, 0.1) is 6.92 Å². The molecule has 2 aliphatic rings. The smallest absolute Gasteiger partial charge is 0.269 e. The monoisotopic (exact) mass is 326 g/mol. The van der Waals surface area contributed by atoms with Gasteiger partial charge in [0.05, 0.1) is 0 Å². The van der Waals surface area contributed by atoms with E-state index in [1.165, 1.54) is 63.4 Å². The van der Waals surface area contributed by atoms with Crippen LogP contribution in [0.1, 0.15) is 98.3 Å². The third-order valence-electron chi connectivity index (χ3n) is 5.98. The highest BCUT2D eigenvalue weighted by Crippen LogP contribution is 2.34. The molecule has 0 bridgehead atoms. The lowest BCUT2D eigenvalue weighted by atomic mass is 9.69. The Kier molecular flexibility index (Phi) is 5.63. The summed E-state index contributed by atoms with van der Waals surface area (Å²) in [7, 11) is 2.21. The van der Waals surface area contributed by atoms with Gasteiger partial charge in [-0.2, -0.15) is 0 Å². The molecule has 0 atom stereocenters. The van der Waals surface area contributed by atoms with E-state index in [0.717, 1.165) is 18.5 Å². The normalized spacial score (nSPS) is 21.9. The van der Waals surface area contributed by atoms with E-state index >= 15 is 0 Å². The van der Waals surface area contributed by atoms with E-state index in [9.17, 15) is 4.79 Å². The first kappa shape index (κ1) is 17.5. The molecule has 0 radical (unpaired) electrons. The molecular formula is C20H31BN2O. The molecule has 24 heavy (non-hydrogen) atoms. The van der Waals surface area contributed by atoms with Crippen LogP contribution in [0.3, 0.4) is 0 Å². The Morgan fingerprint density at radius 2 is 1.71 bits per heavy atom. The highest BCUT2D eigenvalue weighted by molar-refractivity contribution is 6.17. The summed E-state index contributed by atoms with van der Waals surface area (Å²) in [6.07, 6.45) is 13.5. The van der Waals surface area contributed by atoms with Gasteiger partial charge in [0, 0.05) is 17.1 Å². The summed E-state index contributed by atoms with van der Waals surface area (Å²) in [5, 5.41) is 3.32. The molecule has 0 saturated heterocycles. The Morgan fingerprint density at radius 1 is 1.08 bits per heavy atom. The third kappa shape index (κ3) is 4.20. The molecule has 1 aromatic rings. The Labute approximate surface area is 147 Å². The summed E-state index contributed by atoms with van der Waals surface area (Å²) in [4.78, 5) is 17.6. The van der Waals surface area contributed by atoms with E-state index in [4.69, 9.17) is 4.98 Å². The second-order valence-electron chi connectivity index (χ2n) is 8.16. The van der Waals surface area contributed by atoms with Gasteiger partial charge in [-0.25, -0.2) is 4.98 Å². The fourth-order valence-electron chi connectivity index (χ4n) is 4.43. The summed E-state index contributed by atoms with van der Waals surface area (Å²) in [5.41, 5.74) is 2.92. The summed E-state index contributed by atoms with van der Waals surface area (Å²) >= 11 is 0. The Hall–Kier alpha value is -1.32. The van der Waals surface area contributed by atoms with Crippen molar-refractivity contribution in [1.82, 2.24) is 10.3 Å². The molecule has 1 amide bonds. The standard InChI is InChI=1S/C20H31BN2O/c1-15-11-12-17(22-18(15)16-9-5-6-10-16)19(24)23-20(21)13-7-3-2-4-8-14-20/h11-12,16H,2-10,13-14,21H2,1H3,(H,23,24). The minimum Gasteiger partial charge on any atom is -0.353 e. The summed E-state index contributed by atoms with van der Waals surface area (Å²) < 4.78 is 0. The van der Waals surface area contributed by atoms with Gasteiger partial charge >= 0.3 is 0 Å². The predicted molar refractivity (Wildman–Crippen MR) is 101 cm³/mol. The van der Waals surface area contributed by atoms with Crippen LogP contribution in [-0.4, -0.2) is 24.2 Å². The Morgan fingerprint density at radius 3 is 2.38 bits per heavy atom. The lowest BCUT2D eigenvalue weighted by molar-refractivity contribution is 0.0912. The zero-order valence-electron chi connectivity index (χ0n) is 15.4. The molecule has 2 aliphatic carbocycles. The van der Waals surface area contributed by atoms with Gasteiger partial charge in [-0.15, -0.1) is 0 Å². The van der Waals surface area contributed by atoms with Gasteiger partial charge < -0.3 is 5.32 Å². The average molecular weight is 326 g/mol. The van der Waals surface area contributed by atoms with Crippen LogP contribution in [0.15, 0.2) is 12.1 Å². The van der Waals surface area contributed by atoms with Crippen molar-refractivity contribution in [3.8, 4) is 0 Å². The summed E-state index contributed by atoms with van der Waals surface area (Å²) in [6, 6.07) is 3.98. The van der Waals surface area contributed by atoms with Crippen molar-refractivity contribution in [3.05, 3.63) is 29.1 Å². The summed E-state index contributed by atoms with van der Waals surface area (Å²) in [6.45, 7) is 2.12. The number of nitrogens with zero attached hydrogens (tertiary/aromatic N) is 1. The maximum Gasteiger partial charge on any atom is 0.269 e. The Bertz CT molecular complexity index is 573. The maximum atomic E-state index is 12.8. The molecule has 2 saturated carbocycles. The largest absolute Gasteiger partial charge is 0.353 e. The highest BCUT2D eigenvalue weighted by Gasteiger charge is 2.28. The molecular weight excluding hydrogens is 295 g/mol. The number of hydrogen-bond acceptors (Lipinski definition) is 2. The van der Waals surface area contributed by atoms with Gasteiger partial charge in [0.2, 0.25) is 0 Å². The lowest BCUT2D eigenvalue weighted by Crippen LogP contribution is -2.49. The second kappa shape index (κ2) is 7.71. The van der Waals surface area contributed by atoms with Crippen LogP contribution in [0.25, 0.3) is 0 Å². The molecule has 130 valence electrons. The van der Waals surface area contributed by atoms with Gasteiger partial charge in [0.15, 0.2) is 0 Å². The number of amides is 1. The minimum atomic E-state index is -0.0718. The van der Waals surface area contributed by atoms with Crippen molar-refractivity contribution >= 4 is 13.8 Å². The van der Waals surface area contributed by atoms with E-state index in [0.29, 0.717) is 11.6 Å². The quantitative estimate of drug-likeness (QED) is 0.857. The lowest BCUT2D eigenvalue weighted by Gasteiger charge is -2.33. The number of carbonyl (C=O) groups excluding carboxylic acids is 1. The van der Waals surface area contributed by atoms with Crippen molar-refractivity contribution in [2.45, 2.75) is 88.9 Å². The molecule has 4 heteroatoms. The number of hydrogen-bond donors (Lipinski definition) is 1. The number of nitrogens with one attached hydrogen (secondary N) is 1. The average Bonchev–Trinajstić information content (AvgIpc) is 3.06. The number of rotatable bonds is 3. The van der Waals surface area contributed by atoms with Crippen LogP contribution in [0.2, 0.25) is 0 Å². The number of carbonyl (C=O) groups is 1. The molecule has 0 spiro atoms. The van der Waals surface area contributed by atoms with Gasteiger partial charge in [0.1, 0.15) is 13.5 Å². The summed E-state index contributed by atoms with van der Waals surface area (Å²) in [5.74, 6) is 0.562. The molecule has 2 fully saturated rings. The van der Waals surface area contributed by atoms with Crippen molar-refractivity contribution in [2.75, 3.05) is 0 Å². The molecule has 0 unspecified atom stereocenters.